The fraction of sp³-hybridized carbons (Fsp3) is 0.429. The monoisotopic (exact) mass is 291 g/mol. The number of amides is 2. The van der Waals surface area contributed by atoms with Gasteiger partial charge in [0.25, 0.3) is 0 Å². The van der Waals surface area contributed by atoms with Gasteiger partial charge < -0.3 is 5.73 Å². The lowest BCUT2D eigenvalue weighted by atomic mass is 9.98. The molecule has 3 N–H and O–H groups in total. The highest BCUT2D eigenvalue weighted by atomic mass is 32.1. The van der Waals surface area contributed by atoms with Crippen molar-refractivity contribution in [1.29, 1.82) is 0 Å². The molecule has 0 radical (unpaired) electrons. The number of piperazine rings is 1. The van der Waals surface area contributed by atoms with Crippen LogP contribution < -0.4 is 11.1 Å². The number of imide groups is 1. The van der Waals surface area contributed by atoms with Gasteiger partial charge in [0.05, 0.1) is 18.6 Å². The van der Waals surface area contributed by atoms with Crippen LogP contribution in [0.3, 0.4) is 0 Å². The second kappa shape index (κ2) is 5.75. The van der Waals surface area contributed by atoms with Crippen molar-refractivity contribution >= 4 is 23.2 Å². The van der Waals surface area contributed by atoms with Gasteiger partial charge in [-0.2, -0.15) is 0 Å². The van der Waals surface area contributed by atoms with Crippen LogP contribution in [0.4, 0.5) is 0 Å². The minimum atomic E-state index is -0.693. The van der Waals surface area contributed by atoms with Gasteiger partial charge >= 0.3 is 0 Å². The largest absolute Gasteiger partial charge is 0.320 e. The normalized spacial score (nSPS) is 18.4. The molecule has 106 valence electrons. The molecule has 0 aliphatic carbocycles. The number of carbonyl (C=O) groups is 2. The predicted octanol–water partition coefficient (Wildman–Crippen LogP) is 0.295. The first-order valence-corrected chi connectivity index (χ1v) is 7.17. The van der Waals surface area contributed by atoms with E-state index in [0.29, 0.717) is 13.1 Å². The van der Waals surface area contributed by atoms with E-state index in [1.54, 1.807) is 11.3 Å². The van der Waals surface area contributed by atoms with Gasteiger partial charge in [0.2, 0.25) is 11.8 Å². The van der Waals surface area contributed by atoms with Crippen LogP contribution in [0.2, 0.25) is 0 Å². The van der Waals surface area contributed by atoms with Gasteiger partial charge in [-0.25, -0.2) is 0 Å². The Morgan fingerprint density at radius 2 is 2.25 bits per heavy atom. The van der Waals surface area contributed by atoms with E-state index in [2.05, 4.69) is 17.2 Å². The van der Waals surface area contributed by atoms with Gasteiger partial charge in [-0.3, -0.25) is 19.8 Å². The number of carbonyl (C=O) groups excluding carboxylic acids is 2. The Balaban J connectivity index is 2.13. The fourth-order valence-corrected chi connectivity index (χ4v) is 2.79. The number of hydrogen-bond acceptors (Lipinski definition) is 5. The molecule has 2 heterocycles. The first-order valence-electron chi connectivity index (χ1n) is 6.29. The summed E-state index contributed by atoms with van der Waals surface area (Å²) in [6.07, 6.45) is 0. The molecule has 6 heteroatoms. The zero-order chi connectivity index (χ0) is 14.8. The summed E-state index contributed by atoms with van der Waals surface area (Å²) in [5, 5.41) is 4.32. The van der Waals surface area contributed by atoms with Crippen LogP contribution in [0, 0.1) is 11.8 Å². The third-order valence-electron chi connectivity index (χ3n) is 3.27. The van der Waals surface area contributed by atoms with Crippen LogP contribution in [0.5, 0.6) is 0 Å². The lowest BCUT2D eigenvalue weighted by Gasteiger charge is -2.39. The Morgan fingerprint density at radius 3 is 2.95 bits per heavy atom. The van der Waals surface area contributed by atoms with E-state index in [-0.39, 0.29) is 18.4 Å². The van der Waals surface area contributed by atoms with E-state index >= 15 is 0 Å². The second-order valence-corrected chi connectivity index (χ2v) is 6.10. The van der Waals surface area contributed by atoms with Crippen molar-refractivity contribution < 1.29 is 9.59 Å². The van der Waals surface area contributed by atoms with E-state index in [1.165, 1.54) is 0 Å². The van der Waals surface area contributed by atoms with Gasteiger partial charge in [0.15, 0.2) is 0 Å². The number of nitrogens with one attached hydrogen (secondary N) is 1. The number of hydrogen-bond donors (Lipinski definition) is 2. The number of rotatable bonds is 2. The molecule has 0 saturated carbocycles. The highest BCUT2D eigenvalue weighted by Crippen LogP contribution is 2.24. The quantitative estimate of drug-likeness (QED) is 0.607. The zero-order valence-electron chi connectivity index (χ0n) is 11.5. The molecule has 2 amide bonds. The molecule has 0 spiro atoms. The molecule has 1 aliphatic rings. The van der Waals surface area contributed by atoms with Crippen LogP contribution in [0.1, 0.15) is 24.3 Å². The Morgan fingerprint density at radius 1 is 1.50 bits per heavy atom. The molecule has 0 bridgehead atoms. The van der Waals surface area contributed by atoms with Crippen molar-refractivity contribution in [3.63, 3.8) is 0 Å². The molecule has 0 aromatic carbocycles. The lowest BCUT2D eigenvalue weighted by Crippen LogP contribution is -2.63. The fourth-order valence-electron chi connectivity index (χ4n) is 1.96. The topological polar surface area (TPSA) is 75.4 Å². The lowest BCUT2D eigenvalue weighted by molar-refractivity contribution is -0.145. The van der Waals surface area contributed by atoms with Crippen molar-refractivity contribution in [1.82, 2.24) is 10.2 Å². The molecular weight excluding hydrogens is 274 g/mol. The number of nitrogens with two attached hydrogens (primary N) is 1. The summed E-state index contributed by atoms with van der Waals surface area (Å²) in [5.74, 6) is 5.26. The molecule has 1 aromatic rings. The van der Waals surface area contributed by atoms with Crippen molar-refractivity contribution in [2.75, 3.05) is 13.1 Å². The Kier molecular flexibility index (Phi) is 4.23. The summed E-state index contributed by atoms with van der Waals surface area (Å²) in [4.78, 5) is 26.3. The standard InChI is InChI=1S/C14H17N3O2S/c1-14(2)13(19)16-12(18)8-17(14)7-11-6-10(9-20-11)4-3-5-15/h6,9H,5,7-8,15H2,1-2H3,(H,16,18,19). The molecule has 20 heavy (non-hydrogen) atoms. The van der Waals surface area contributed by atoms with E-state index in [0.717, 1.165) is 10.4 Å². The zero-order valence-corrected chi connectivity index (χ0v) is 12.3. The van der Waals surface area contributed by atoms with Gasteiger partial charge in [-0.15, -0.1) is 11.3 Å². The summed E-state index contributed by atoms with van der Waals surface area (Å²) < 4.78 is 0. The summed E-state index contributed by atoms with van der Waals surface area (Å²) >= 11 is 1.57. The summed E-state index contributed by atoms with van der Waals surface area (Å²) in [7, 11) is 0. The molecule has 1 saturated heterocycles. The molecule has 0 unspecified atom stereocenters. The third-order valence-corrected chi connectivity index (χ3v) is 4.19. The average Bonchev–Trinajstić information content (AvgIpc) is 2.81. The van der Waals surface area contributed by atoms with Gasteiger partial charge in [0.1, 0.15) is 0 Å². The highest BCUT2D eigenvalue weighted by molar-refractivity contribution is 7.10. The van der Waals surface area contributed by atoms with E-state index < -0.39 is 5.54 Å². The average molecular weight is 291 g/mol. The summed E-state index contributed by atoms with van der Waals surface area (Å²) in [6, 6.07) is 1.97. The van der Waals surface area contributed by atoms with Crippen LogP contribution in [-0.4, -0.2) is 35.3 Å². The Bertz CT molecular complexity index is 595. The van der Waals surface area contributed by atoms with Crippen molar-refractivity contribution in [2.24, 2.45) is 5.73 Å². The maximum absolute atomic E-state index is 11.9. The van der Waals surface area contributed by atoms with Crippen molar-refractivity contribution in [2.45, 2.75) is 25.9 Å². The van der Waals surface area contributed by atoms with Crippen molar-refractivity contribution in [3.8, 4) is 11.8 Å². The first-order chi connectivity index (χ1) is 9.43. The second-order valence-electron chi connectivity index (χ2n) is 5.10. The number of nitrogens with zero attached hydrogens (tertiary/aromatic N) is 1. The molecule has 1 aliphatic heterocycles. The van der Waals surface area contributed by atoms with E-state index in [1.807, 2.05) is 30.2 Å². The molecule has 0 atom stereocenters. The minimum Gasteiger partial charge on any atom is -0.320 e. The smallest absolute Gasteiger partial charge is 0.246 e. The van der Waals surface area contributed by atoms with Crippen LogP contribution in [0.25, 0.3) is 0 Å². The van der Waals surface area contributed by atoms with Crippen LogP contribution in [-0.2, 0) is 16.1 Å². The summed E-state index contributed by atoms with van der Waals surface area (Å²) in [6.45, 7) is 4.75. The molecule has 2 rings (SSSR count). The maximum atomic E-state index is 11.9. The van der Waals surface area contributed by atoms with E-state index in [9.17, 15) is 9.59 Å². The highest BCUT2D eigenvalue weighted by Gasteiger charge is 2.40. The number of thiophene rings is 1. The van der Waals surface area contributed by atoms with Crippen molar-refractivity contribution in [3.05, 3.63) is 21.9 Å². The molecule has 1 fully saturated rings. The maximum Gasteiger partial charge on any atom is 0.246 e. The summed E-state index contributed by atoms with van der Waals surface area (Å²) in [5.41, 5.74) is 5.56. The SMILES string of the molecule is CC1(C)C(=O)NC(=O)CN1Cc1cc(C#CCN)cs1. The molecule has 1 aromatic heterocycles. The Hall–Kier alpha value is -1.68. The van der Waals surface area contributed by atoms with Gasteiger partial charge in [-0.1, -0.05) is 11.8 Å². The van der Waals surface area contributed by atoms with Gasteiger partial charge in [0, 0.05) is 22.4 Å². The third kappa shape index (κ3) is 3.07. The van der Waals surface area contributed by atoms with Crippen LogP contribution >= 0.6 is 11.3 Å². The molecule has 5 nitrogen and oxygen atoms in total. The van der Waals surface area contributed by atoms with Crippen LogP contribution in [0.15, 0.2) is 11.4 Å². The van der Waals surface area contributed by atoms with E-state index in [4.69, 9.17) is 5.73 Å². The Labute approximate surface area is 122 Å². The minimum absolute atomic E-state index is 0.223. The molecular formula is C14H17N3O2S. The predicted molar refractivity (Wildman–Crippen MR) is 77.9 cm³/mol. The van der Waals surface area contributed by atoms with Gasteiger partial charge in [-0.05, 0) is 19.9 Å². The first kappa shape index (κ1) is 14.7.